The second-order valence-corrected chi connectivity index (χ2v) is 22.8. The van der Waals surface area contributed by atoms with Gasteiger partial charge in [-0.1, -0.05) is 20.4 Å². The van der Waals surface area contributed by atoms with Crippen LogP contribution in [-0.4, -0.2) is 120 Å². The minimum Gasteiger partial charge on any atom is -0.478 e. The van der Waals surface area contributed by atoms with Crippen molar-refractivity contribution in [3.8, 4) is 17.1 Å². The second-order valence-electron chi connectivity index (χ2n) is 21.6. The molecule has 7 heterocycles. The van der Waals surface area contributed by atoms with Gasteiger partial charge in [-0.3, -0.25) is 28.9 Å². The molecule has 1 atom stereocenters. The van der Waals surface area contributed by atoms with Gasteiger partial charge in [0.05, 0.1) is 42.6 Å². The number of aliphatic hydroxyl groups excluding tert-OH is 1. The summed E-state index contributed by atoms with van der Waals surface area (Å²) in [5.74, 6) is 0.659. The predicted octanol–water partition coefficient (Wildman–Crippen LogP) is 7.59. The van der Waals surface area contributed by atoms with Crippen LogP contribution in [0.3, 0.4) is 0 Å². The highest BCUT2D eigenvalue weighted by Gasteiger charge is 2.40. The molecule has 0 spiro atoms. The highest BCUT2D eigenvalue weighted by molar-refractivity contribution is 7.46. The van der Waals surface area contributed by atoms with Crippen molar-refractivity contribution < 1.29 is 38.3 Å². The molecule has 19 nitrogen and oxygen atoms in total. The first-order valence-electron chi connectivity index (χ1n) is 25.8. The van der Waals surface area contributed by atoms with E-state index >= 15 is 0 Å². The number of fused-ring (bicyclic) bond motifs is 3. The van der Waals surface area contributed by atoms with Gasteiger partial charge in [0.15, 0.2) is 5.82 Å². The molecule has 20 heteroatoms. The predicted molar refractivity (Wildman–Crippen MR) is 284 cm³/mol. The van der Waals surface area contributed by atoms with Crippen molar-refractivity contribution in [2.24, 2.45) is 5.41 Å². The van der Waals surface area contributed by atoms with E-state index in [0.29, 0.717) is 77.5 Å². The summed E-state index contributed by atoms with van der Waals surface area (Å²) in [6.45, 7) is 17.2. The maximum Gasteiger partial charge on any atom is 0.470 e. The van der Waals surface area contributed by atoms with Crippen molar-refractivity contribution in [2.75, 3.05) is 71.7 Å². The SMILES string of the molecule is C=CC(=O)Nc1cc(Nc2nc(-c3ccnc(N4CCn5c(cc6c5CC(C)(C)C6)C4=O)c3CO)cnc2OC)ccc1N1CCN(C2CCN(c3ccnc(C4CCC(C)(OP(=O)(O)O)CC4)c3)CC2)C[C@@H]1C. The molecular weight excluding hydrogens is 962 g/mol. The van der Waals surface area contributed by atoms with Gasteiger partial charge in [0, 0.05) is 110 Å². The first kappa shape index (κ1) is 51.3. The topological polar surface area (TPSA) is 224 Å². The first-order valence-corrected chi connectivity index (χ1v) is 27.3. The van der Waals surface area contributed by atoms with E-state index in [1.54, 1.807) is 30.3 Å². The number of phosphoric acid groups is 1. The number of methoxy groups -OCH3 is 1. The van der Waals surface area contributed by atoms with Crippen LogP contribution in [0.15, 0.2) is 73.7 Å². The number of carbonyl (C=O) groups excluding carboxylic acids is 2. The lowest BCUT2D eigenvalue weighted by molar-refractivity contribution is -0.111. The van der Waals surface area contributed by atoms with Gasteiger partial charge in [0.25, 0.3) is 11.8 Å². The number of phosphoric ester groups is 1. The van der Waals surface area contributed by atoms with Gasteiger partial charge in [-0.05, 0) is 125 Å². The average molecular weight is 1030 g/mol. The van der Waals surface area contributed by atoms with E-state index < -0.39 is 13.4 Å². The summed E-state index contributed by atoms with van der Waals surface area (Å²) in [7, 11) is -3.05. The number of nitrogens with one attached hydrogen (secondary N) is 2. The number of aromatic nitrogens is 5. The van der Waals surface area contributed by atoms with E-state index in [9.17, 15) is 29.0 Å². The standard InChI is InChI=1S/C54H68N11O8P/c1-7-48(67)59-43-27-37(58-49-51(72-6)57-31-44(60-49)40-13-19-56-50(41(40)33-66)65-25-24-64-46(52(65)68)26-36-29-53(3,4)30-47(36)64)8-9-45(43)63-23-22-62(32-34(63)2)38-14-20-61(21-15-38)39-12-18-55-42(28-39)35-10-16-54(5,17-11-35)73-74(69,70)71/h7-9,12-13,18-19,26-28,31,34-35,38,66H,1,10-11,14-17,20-25,29-30,32-33H2,2-6H3,(H,58,60)(H,59,67)(H2,69,70,71)/t34-,35?,54?/m0/s1. The fourth-order valence-corrected chi connectivity index (χ4v) is 12.9. The Morgan fingerprint density at radius 3 is 2.43 bits per heavy atom. The maximum atomic E-state index is 14.1. The molecule has 3 fully saturated rings. The Morgan fingerprint density at radius 2 is 1.72 bits per heavy atom. The Balaban J connectivity index is 0.804. The zero-order valence-electron chi connectivity index (χ0n) is 43.0. The number of piperazine rings is 1. The molecule has 5 N–H and O–H groups in total. The number of amides is 2. The first-order chi connectivity index (χ1) is 35.4. The summed E-state index contributed by atoms with van der Waals surface area (Å²) in [5, 5.41) is 17.3. The number of ether oxygens (including phenoxy) is 1. The number of anilines is 6. The van der Waals surface area contributed by atoms with Crippen molar-refractivity contribution in [1.82, 2.24) is 29.4 Å². The molecule has 0 radical (unpaired) electrons. The number of piperidine rings is 1. The van der Waals surface area contributed by atoms with Gasteiger partial charge in [0.1, 0.15) is 11.5 Å². The lowest BCUT2D eigenvalue weighted by Gasteiger charge is -2.47. The lowest BCUT2D eigenvalue weighted by atomic mass is 9.78. The summed E-state index contributed by atoms with van der Waals surface area (Å²) >= 11 is 0. The highest BCUT2D eigenvalue weighted by atomic mass is 31.2. The third-order valence-electron chi connectivity index (χ3n) is 15.9. The molecule has 0 unspecified atom stereocenters. The van der Waals surface area contributed by atoms with Crippen LogP contribution in [0.25, 0.3) is 11.3 Å². The molecule has 74 heavy (non-hydrogen) atoms. The summed E-state index contributed by atoms with van der Waals surface area (Å²) in [4.78, 5) is 73.8. The van der Waals surface area contributed by atoms with Crippen molar-refractivity contribution >= 4 is 54.0 Å². The molecule has 4 aromatic heterocycles. The largest absolute Gasteiger partial charge is 0.478 e. The monoisotopic (exact) mass is 1030 g/mol. The van der Waals surface area contributed by atoms with Gasteiger partial charge in [-0.25, -0.2) is 19.5 Å². The van der Waals surface area contributed by atoms with E-state index in [4.69, 9.17) is 19.2 Å². The van der Waals surface area contributed by atoms with E-state index in [-0.39, 0.29) is 41.7 Å². The zero-order valence-corrected chi connectivity index (χ0v) is 43.9. The molecular formula is C54H68N11O8P. The normalized spacial score (nSPS) is 22.3. The molecule has 2 saturated heterocycles. The summed E-state index contributed by atoms with van der Waals surface area (Å²) < 4.78 is 24.5. The Labute approximate surface area is 432 Å². The van der Waals surface area contributed by atoms with E-state index in [2.05, 4.69) is 79.4 Å². The zero-order chi connectivity index (χ0) is 52.1. The number of hydrogen-bond acceptors (Lipinski definition) is 14. The van der Waals surface area contributed by atoms with Gasteiger partial charge in [-0.2, -0.15) is 0 Å². The molecule has 3 aliphatic heterocycles. The van der Waals surface area contributed by atoms with Crippen LogP contribution in [0.1, 0.15) is 105 Å². The number of benzene rings is 1. The fourth-order valence-electron chi connectivity index (χ4n) is 12.2. The summed E-state index contributed by atoms with van der Waals surface area (Å²) in [6, 6.07) is 14.4. The second kappa shape index (κ2) is 20.5. The Hall–Kier alpha value is -6.21. The molecule has 1 saturated carbocycles. The lowest BCUT2D eigenvalue weighted by Crippen LogP contribution is -2.57. The summed E-state index contributed by atoms with van der Waals surface area (Å²) in [6.07, 6.45) is 12.9. The molecule has 392 valence electrons. The smallest absolute Gasteiger partial charge is 0.470 e. The molecule has 0 bridgehead atoms. The van der Waals surface area contributed by atoms with Crippen molar-refractivity contribution in [1.29, 1.82) is 0 Å². The fraction of sp³-hybridized carbons (Fsp3) is 0.481. The molecule has 5 aliphatic rings. The van der Waals surface area contributed by atoms with E-state index in [0.717, 1.165) is 88.3 Å². The molecule has 1 aromatic carbocycles. The Kier molecular flexibility index (Phi) is 14.2. The minimum absolute atomic E-state index is 0.139. The highest BCUT2D eigenvalue weighted by Crippen LogP contribution is 2.49. The van der Waals surface area contributed by atoms with Gasteiger partial charge in [0.2, 0.25) is 5.91 Å². The average Bonchev–Trinajstić information content (AvgIpc) is 3.88. The van der Waals surface area contributed by atoms with Crippen molar-refractivity contribution in [3.05, 3.63) is 102 Å². The van der Waals surface area contributed by atoms with Crippen LogP contribution in [0.4, 0.5) is 34.4 Å². The number of aliphatic hydroxyl groups is 1. The number of hydrogen-bond donors (Lipinski definition) is 5. The summed E-state index contributed by atoms with van der Waals surface area (Å²) in [5.41, 5.74) is 8.21. The maximum absolute atomic E-state index is 14.1. The minimum atomic E-state index is -4.56. The van der Waals surface area contributed by atoms with Crippen LogP contribution in [0.2, 0.25) is 0 Å². The molecule has 2 aliphatic carbocycles. The van der Waals surface area contributed by atoms with Gasteiger partial charge >= 0.3 is 7.82 Å². The molecule has 2 amide bonds. The Morgan fingerprint density at radius 1 is 0.946 bits per heavy atom. The number of rotatable bonds is 14. The third kappa shape index (κ3) is 10.6. The van der Waals surface area contributed by atoms with Crippen molar-refractivity contribution in [2.45, 2.75) is 116 Å². The molecule has 5 aromatic rings. The molecule has 10 rings (SSSR count). The van der Waals surface area contributed by atoms with Crippen LogP contribution in [-0.2, 0) is 39.9 Å². The number of pyridine rings is 2. The van der Waals surface area contributed by atoms with Crippen LogP contribution < -0.4 is 30.1 Å². The van der Waals surface area contributed by atoms with Crippen LogP contribution >= 0.6 is 7.82 Å². The number of carbonyl (C=O) groups is 2. The Bertz CT molecular complexity index is 3000. The van der Waals surface area contributed by atoms with E-state index in [1.165, 1.54) is 24.4 Å². The van der Waals surface area contributed by atoms with Gasteiger partial charge < -0.3 is 44.6 Å². The van der Waals surface area contributed by atoms with E-state index in [1.807, 2.05) is 30.5 Å². The number of nitrogens with zero attached hydrogens (tertiary/aromatic N) is 9. The van der Waals surface area contributed by atoms with Crippen LogP contribution in [0.5, 0.6) is 5.88 Å². The quantitative estimate of drug-likeness (QED) is 0.0534. The van der Waals surface area contributed by atoms with Crippen molar-refractivity contribution in [3.63, 3.8) is 0 Å². The van der Waals surface area contributed by atoms with Gasteiger partial charge in [-0.15, -0.1) is 0 Å². The van der Waals surface area contributed by atoms with Crippen LogP contribution in [0, 0.1) is 5.41 Å². The third-order valence-corrected chi connectivity index (χ3v) is 16.5.